The predicted molar refractivity (Wildman–Crippen MR) is 130 cm³/mol. The summed E-state index contributed by atoms with van der Waals surface area (Å²) in [5.41, 5.74) is 0.320. The Morgan fingerprint density at radius 1 is 1.09 bits per heavy atom. The van der Waals surface area contributed by atoms with Crippen molar-refractivity contribution in [2.75, 3.05) is 32.7 Å². The van der Waals surface area contributed by atoms with E-state index >= 15 is 0 Å². The van der Waals surface area contributed by atoms with Crippen molar-refractivity contribution in [2.24, 2.45) is 5.92 Å². The number of carbonyl (C=O) groups is 1. The van der Waals surface area contributed by atoms with Crippen molar-refractivity contribution in [3.05, 3.63) is 71.0 Å². The van der Waals surface area contributed by atoms with Gasteiger partial charge in [-0.05, 0) is 63.7 Å². The Morgan fingerprint density at radius 3 is 2.49 bits per heavy atom. The van der Waals surface area contributed by atoms with Gasteiger partial charge in [0, 0.05) is 43.9 Å². The molecule has 2 aromatic rings. The first-order valence-corrected chi connectivity index (χ1v) is 12.5. The van der Waals surface area contributed by atoms with Gasteiger partial charge in [0.15, 0.2) is 11.6 Å². The molecule has 2 atom stereocenters. The lowest BCUT2D eigenvalue weighted by Gasteiger charge is -2.45. The summed E-state index contributed by atoms with van der Waals surface area (Å²) in [5.74, 6) is -2.58. The molecular formula is C27H35F3N4O. The lowest BCUT2D eigenvalue weighted by molar-refractivity contribution is 0.121. The highest BCUT2D eigenvalue weighted by Crippen LogP contribution is 2.30. The number of piperidine rings is 1. The molecule has 2 heterocycles. The molecule has 0 saturated carbocycles. The van der Waals surface area contributed by atoms with E-state index in [1.807, 2.05) is 13.0 Å². The van der Waals surface area contributed by atoms with Gasteiger partial charge in [-0.3, -0.25) is 4.90 Å². The molecule has 0 spiro atoms. The summed E-state index contributed by atoms with van der Waals surface area (Å²) in [6.45, 7) is 7.87. The quantitative estimate of drug-likeness (QED) is 0.584. The van der Waals surface area contributed by atoms with E-state index in [0.717, 1.165) is 45.0 Å². The number of nitrogens with zero attached hydrogens (tertiary/aromatic N) is 2. The lowest BCUT2D eigenvalue weighted by atomic mass is 9.87. The van der Waals surface area contributed by atoms with Crippen LogP contribution in [0.4, 0.5) is 18.0 Å². The van der Waals surface area contributed by atoms with Crippen LogP contribution in [0, 0.1) is 23.4 Å². The summed E-state index contributed by atoms with van der Waals surface area (Å²) >= 11 is 0. The van der Waals surface area contributed by atoms with Crippen LogP contribution in [0.1, 0.15) is 44.2 Å². The highest BCUT2D eigenvalue weighted by atomic mass is 19.2. The summed E-state index contributed by atoms with van der Waals surface area (Å²) in [6.07, 6.45) is 3.14. The third-order valence-corrected chi connectivity index (χ3v) is 7.24. The van der Waals surface area contributed by atoms with Gasteiger partial charge in [0.05, 0.1) is 5.54 Å². The van der Waals surface area contributed by atoms with E-state index in [-0.39, 0.29) is 24.2 Å². The molecule has 2 amide bonds. The number of amides is 2. The van der Waals surface area contributed by atoms with E-state index in [0.29, 0.717) is 25.1 Å². The van der Waals surface area contributed by atoms with Crippen LogP contribution in [-0.2, 0) is 12.1 Å². The average Bonchev–Trinajstić information content (AvgIpc) is 2.82. The fourth-order valence-corrected chi connectivity index (χ4v) is 5.44. The van der Waals surface area contributed by atoms with E-state index in [9.17, 15) is 18.0 Å². The Labute approximate surface area is 205 Å². The number of piperazine rings is 1. The number of urea groups is 1. The van der Waals surface area contributed by atoms with E-state index in [1.54, 1.807) is 11.8 Å². The Bertz CT molecular complexity index is 1010. The molecule has 0 radical (unpaired) electrons. The molecule has 0 unspecified atom stereocenters. The predicted octanol–water partition coefficient (Wildman–Crippen LogP) is 4.62. The number of halogens is 3. The maximum Gasteiger partial charge on any atom is 0.317 e. The van der Waals surface area contributed by atoms with E-state index in [4.69, 9.17) is 0 Å². The topological polar surface area (TPSA) is 47.6 Å². The van der Waals surface area contributed by atoms with Crippen molar-refractivity contribution in [1.29, 1.82) is 0 Å². The number of likely N-dealkylation sites (tertiary alicyclic amines) is 1. The second-order valence-electron chi connectivity index (χ2n) is 10.2. The monoisotopic (exact) mass is 488 g/mol. The zero-order chi connectivity index (χ0) is 25.0. The molecule has 5 nitrogen and oxygen atoms in total. The van der Waals surface area contributed by atoms with Crippen LogP contribution in [0.5, 0.6) is 0 Å². The van der Waals surface area contributed by atoms with Crippen molar-refractivity contribution in [3.63, 3.8) is 0 Å². The molecule has 2 aliphatic heterocycles. The summed E-state index contributed by atoms with van der Waals surface area (Å²) < 4.78 is 41.8. The smallest absolute Gasteiger partial charge is 0.317 e. The first-order chi connectivity index (χ1) is 16.7. The van der Waals surface area contributed by atoms with E-state index in [1.165, 1.54) is 5.56 Å². The molecule has 0 bridgehead atoms. The van der Waals surface area contributed by atoms with Gasteiger partial charge < -0.3 is 15.5 Å². The van der Waals surface area contributed by atoms with Crippen LogP contribution >= 0.6 is 0 Å². The number of rotatable bonds is 6. The van der Waals surface area contributed by atoms with Gasteiger partial charge in [-0.1, -0.05) is 30.3 Å². The molecule has 0 aliphatic carbocycles. The van der Waals surface area contributed by atoms with Gasteiger partial charge in [-0.15, -0.1) is 0 Å². The molecule has 0 aromatic heterocycles. The number of benzene rings is 2. The van der Waals surface area contributed by atoms with Gasteiger partial charge in [0.2, 0.25) is 0 Å². The van der Waals surface area contributed by atoms with Crippen molar-refractivity contribution in [1.82, 2.24) is 20.4 Å². The van der Waals surface area contributed by atoms with Gasteiger partial charge in [0.1, 0.15) is 5.82 Å². The van der Waals surface area contributed by atoms with Crippen LogP contribution in [0.3, 0.4) is 0 Å². The van der Waals surface area contributed by atoms with Crippen molar-refractivity contribution in [3.8, 4) is 0 Å². The summed E-state index contributed by atoms with van der Waals surface area (Å²) in [7, 11) is 0. The van der Waals surface area contributed by atoms with Gasteiger partial charge in [-0.25, -0.2) is 18.0 Å². The van der Waals surface area contributed by atoms with Crippen LogP contribution in [-0.4, -0.2) is 54.6 Å². The SMILES string of the molecule is C[C@@H]1CN(C(=O)NCCC2CCN(Cc3ccccc3)CC2)C[C@](C)(c2cc(F)c(F)cc2F)N1. The van der Waals surface area contributed by atoms with Crippen molar-refractivity contribution >= 4 is 6.03 Å². The highest BCUT2D eigenvalue weighted by molar-refractivity contribution is 5.74. The lowest BCUT2D eigenvalue weighted by Crippen LogP contribution is -2.63. The molecule has 2 N–H and O–H groups in total. The number of carbonyl (C=O) groups excluding carboxylic acids is 1. The molecule has 2 aliphatic rings. The third-order valence-electron chi connectivity index (χ3n) is 7.24. The first-order valence-electron chi connectivity index (χ1n) is 12.5. The van der Waals surface area contributed by atoms with Crippen LogP contribution in [0.15, 0.2) is 42.5 Å². The molecule has 2 aromatic carbocycles. The second kappa shape index (κ2) is 11.0. The van der Waals surface area contributed by atoms with Gasteiger partial charge in [-0.2, -0.15) is 0 Å². The first kappa shape index (κ1) is 25.5. The minimum atomic E-state index is -1.22. The molecule has 8 heteroatoms. The fraction of sp³-hybridized carbons (Fsp3) is 0.519. The molecule has 4 rings (SSSR count). The van der Waals surface area contributed by atoms with Gasteiger partial charge in [0.25, 0.3) is 0 Å². The van der Waals surface area contributed by atoms with Crippen molar-refractivity contribution < 1.29 is 18.0 Å². The number of hydrogen-bond acceptors (Lipinski definition) is 3. The van der Waals surface area contributed by atoms with E-state index < -0.39 is 23.0 Å². The largest absolute Gasteiger partial charge is 0.338 e. The maximum atomic E-state index is 14.5. The van der Waals surface area contributed by atoms with Crippen molar-refractivity contribution in [2.45, 2.75) is 51.2 Å². The molecule has 2 fully saturated rings. The zero-order valence-corrected chi connectivity index (χ0v) is 20.5. The van der Waals surface area contributed by atoms with Crippen LogP contribution in [0.2, 0.25) is 0 Å². The number of hydrogen-bond donors (Lipinski definition) is 2. The maximum absolute atomic E-state index is 14.5. The standard InChI is InChI=1S/C27H35F3N4O/c1-19-16-34(18-27(2,32-19)22-14-24(29)25(30)15-23(22)28)26(35)31-11-8-20-9-12-33(13-10-20)17-21-6-4-3-5-7-21/h3-7,14-15,19-20,32H,8-13,16-18H2,1-2H3,(H,31,35)/t19-,27-/m1/s1. The van der Waals surface area contributed by atoms with E-state index in [2.05, 4.69) is 39.8 Å². The molecule has 2 saturated heterocycles. The Hall–Kier alpha value is -2.58. The Morgan fingerprint density at radius 2 is 1.77 bits per heavy atom. The third kappa shape index (κ3) is 6.35. The highest BCUT2D eigenvalue weighted by Gasteiger charge is 2.39. The minimum absolute atomic E-state index is 0.0167. The van der Waals surface area contributed by atoms with Crippen LogP contribution in [0.25, 0.3) is 0 Å². The zero-order valence-electron chi connectivity index (χ0n) is 20.5. The van der Waals surface area contributed by atoms with Gasteiger partial charge >= 0.3 is 6.03 Å². The number of nitrogens with one attached hydrogen (secondary N) is 2. The normalized spacial score (nSPS) is 23.9. The molecule has 190 valence electrons. The summed E-state index contributed by atoms with van der Waals surface area (Å²) in [5, 5.41) is 6.27. The fourth-order valence-electron chi connectivity index (χ4n) is 5.44. The summed E-state index contributed by atoms with van der Waals surface area (Å²) in [6, 6.07) is 11.6. The molecular weight excluding hydrogens is 453 g/mol. The minimum Gasteiger partial charge on any atom is -0.338 e. The Balaban J connectivity index is 1.26. The van der Waals surface area contributed by atoms with Crippen LogP contribution < -0.4 is 10.6 Å². The Kier molecular flexibility index (Phi) is 8.02. The average molecular weight is 489 g/mol. The summed E-state index contributed by atoms with van der Waals surface area (Å²) in [4.78, 5) is 17.0. The second-order valence-corrected chi connectivity index (χ2v) is 10.2. The molecule has 35 heavy (non-hydrogen) atoms.